The Kier molecular flexibility index (Phi) is 10.3. The van der Waals surface area contributed by atoms with Crippen LogP contribution >= 0.6 is 11.8 Å². The number of hydrogen-bond donors (Lipinski definition) is 0. The van der Waals surface area contributed by atoms with Crippen LogP contribution in [0.15, 0.2) is 83.7 Å². The molecule has 2 aliphatic heterocycles. The zero-order valence-electron chi connectivity index (χ0n) is 29.8. The molecule has 15 nitrogen and oxygen atoms in total. The molecule has 53 heavy (non-hydrogen) atoms. The number of ether oxygens (including phenoxy) is 2. The molecule has 3 aromatic carbocycles. The van der Waals surface area contributed by atoms with Gasteiger partial charge in [0.15, 0.2) is 0 Å². The largest absolute Gasteiger partial charge is 0.424 e. The number of carbonyl (C=O) groups is 1. The highest BCUT2D eigenvalue weighted by Gasteiger charge is 2.43. The summed E-state index contributed by atoms with van der Waals surface area (Å²) in [6, 6.07) is 22.1. The Morgan fingerprint density at radius 2 is 1.55 bits per heavy atom. The topological polar surface area (TPSA) is 152 Å². The number of thioether (sulfide) groups is 1. The van der Waals surface area contributed by atoms with E-state index in [1.54, 1.807) is 79.1 Å². The number of non-ortho nitro benzene ring substituents is 1. The second-order valence-electron chi connectivity index (χ2n) is 13.0. The van der Waals surface area contributed by atoms with Gasteiger partial charge in [0.25, 0.3) is 11.2 Å². The standard InChI is InChI=1S/C37H39N9O6S/c1-5-43-18-20-44(21-19-43)23-31-33(48)45(34(53-31)24-10-12-26(13-11-24)46(49)50)25-14-16-27(17-15-25)51-36-38-35(41(2)3)39-37(40-36)52-30-22-32(47)42(4)29-9-7-6-8-28(29)30/h6-17,22,31,34H,5,18-21,23H2,1-4H3. The first-order valence-corrected chi connectivity index (χ1v) is 18.2. The van der Waals surface area contributed by atoms with Crippen LogP contribution < -0.4 is 24.8 Å². The Labute approximate surface area is 309 Å². The quantitative estimate of drug-likeness (QED) is 0.131. The summed E-state index contributed by atoms with van der Waals surface area (Å²) in [6.45, 7) is 7.50. The van der Waals surface area contributed by atoms with Crippen molar-refractivity contribution in [1.29, 1.82) is 0 Å². The van der Waals surface area contributed by atoms with Gasteiger partial charge >= 0.3 is 12.0 Å². The van der Waals surface area contributed by atoms with Crippen LogP contribution in [0.25, 0.3) is 10.9 Å². The monoisotopic (exact) mass is 737 g/mol. The third-order valence-electron chi connectivity index (χ3n) is 9.39. The number of piperazine rings is 1. The molecule has 7 rings (SSSR count). The average molecular weight is 738 g/mol. The molecule has 16 heteroatoms. The van der Waals surface area contributed by atoms with Crippen molar-refractivity contribution in [3.05, 3.63) is 105 Å². The maximum Gasteiger partial charge on any atom is 0.330 e. The van der Waals surface area contributed by atoms with Gasteiger partial charge in [-0.15, -0.1) is 16.7 Å². The zero-order valence-corrected chi connectivity index (χ0v) is 30.6. The maximum atomic E-state index is 14.1. The van der Waals surface area contributed by atoms with Crippen LogP contribution in [0, 0.1) is 10.1 Å². The van der Waals surface area contributed by atoms with E-state index in [0.29, 0.717) is 34.6 Å². The van der Waals surface area contributed by atoms with Crippen molar-refractivity contribution in [2.75, 3.05) is 63.2 Å². The Hall–Kier alpha value is -5.58. The molecular formula is C37H39N9O6S. The highest BCUT2D eigenvalue weighted by atomic mass is 32.2. The number of fused-ring (bicyclic) bond motifs is 1. The van der Waals surface area contributed by atoms with Gasteiger partial charge in [0.05, 0.1) is 15.7 Å². The van der Waals surface area contributed by atoms with Crippen molar-refractivity contribution in [2.24, 2.45) is 7.05 Å². The number of nitrogens with zero attached hydrogens (tertiary/aromatic N) is 9. The molecule has 2 aliphatic rings. The summed E-state index contributed by atoms with van der Waals surface area (Å²) in [7, 11) is 5.24. The molecule has 2 saturated heterocycles. The van der Waals surface area contributed by atoms with Gasteiger partial charge in [-0.05, 0) is 60.6 Å². The van der Waals surface area contributed by atoms with Gasteiger partial charge in [0.1, 0.15) is 16.9 Å². The number of aromatic nitrogens is 4. The summed E-state index contributed by atoms with van der Waals surface area (Å²) in [4.78, 5) is 59.1. The molecule has 0 bridgehead atoms. The molecule has 2 aromatic heterocycles. The van der Waals surface area contributed by atoms with Crippen LogP contribution in [0.3, 0.4) is 0 Å². The zero-order chi connectivity index (χ0) is 37.2. The predicted molar refractivity (Wildman–Crippen MR) is 203 cm³/mol. The summed E-state index contributed by atoms with van der Waals surface area (Å²) in [5.74, 6) is 0.962. The van der Waals surface area contributed by atoms with Gasteiger partial charge in [0, 0.05) is 83.1 Å². The van der Waals surface area contributed by atoms with Crippen molar-refractivity contribution >= 4 is 45.9 Å². The van der Waals surface area contributed by atoms with E-state index in [2.05, 4.69) is 31.7 Å². The lowest BCUT2D eigenvalue weighted by atomic mass is 10.1. The van der Waals surface area contributed by atoms with Gasteiger partial charge in [-0.1, -0.05) is 19.1 Å². The fraction of sp³-hybridized carbons (Fsp3) is 0.324. The van der Waals surface area contributed by atoms with Crippen LogP contribution in [-0.4, -0.2) is 98.8 Å². The molecule has 5 aromatic rings. The van der Waals surface area contributed by atoms with E-state index in [1.165, 1.54) is 22.8 Å². The van der Waals surface area contributed by atoms with E-state index in [1.807, 2.05) is 24.3 Å². The molecule has 0 radical (unpaired) electrons. The van der Waals surface area contributed by atoms with Gasteiger partial charge in [0.2, 0.25) is 11.9 Å². The van der Waals surface area contributed by atoms with Crippen LogP contribution in [-0.2, 0) is 11.8 Å². The lowest BCUT2D eigenvalue weighted by Gasteiger charge is -2.34. The number of pyridine rings is 1. The summed E-state index contributed by atoms with van der Waals surface area (Å²) in [5, 5.41) is 11.4. The minimum absolute atomic E-state index is 0.00726. The minimum Gasteiger partial charge on any atom is -0.424 e. The number of nitro groups is 1. The van der Waals surface area contributed by atoms with Crippen LogP contribution in [0.4, 0.5) is 17.3 Å². The number of carbonyl (C=O) groups excluding carboxylic acids is 1. The summed E-state index contributed by atoms with van der Waals surface area (Å²) >= 11 is 1.56. The van der Waals surface area contributed by atoms with E-state index in [0.717, 1.165) is 38.3 Å². The molecule has 0 aliphatic carbocycles. The number of nitro benzene ring substituents is 1. The van der Waals surface area contributed by atoms with Crippen LogP contribution in [0.2, 0.25) is 0 Å². The Morgan fingerprint density at radius 1 is 0.887 bits per heavy atom. The number of hydrogen-bond acceptors (Lipinski definition) is 13. The van der Waals surface area contributed by atoms with Gasteiger partial charge in [-0.25, -0.2) is 0 Å². The number of likely N-dealkylation sites (N-methyl/N-ethyl adjacent to an activating group) is 1. The van der Waals surface area contributed by atoms with Crippen molar-refractivity contribution < 1.29 is 19.2 Å². The van der Waals surface area contributed by atoms with Crippen LogP contribution in [0.1, 0.15) is 17.9 Å². The number of benzene rings is 3. The first-order valence-electron chi connectivity index (χ1n) is 17.2. The Morgan fingerprint density at radius 3 is 2.21 bits per heavy atom. The van der Waals surface area contributed by atoms with Crippen molar-refractivity contribution in [3.8, 4) is 23.5 Å². The molecule has 4 heterocycles. The first kappa shape index (κ1) is 35.8. The SMILES string of the molecule is CCN1CCN(CC2SC(c3ccc([N+](=O)[O-])cc3)N(c3ccc(Oc4nc(Oc5cc(=O)n(C)c6ccccc56)nc(N(C)C)n4)cc3)C2=O)CC1. The van der Waals surface area contributed by atoms with E-state index in [4.69, 9.17) is 9.47 Å². The van der Waals surface area contributed by atoms with Gasteiger partial charge in [-0.3, -0.25) is 29.5 Å². The average Bonchev–Trinajstić information content (AvgIpc) is 3.49. The summed E-state index contributed by atoms with van der Waals surface area (Å²) < 4.78 is 13.7. The van der Waals surface area contributed by atoms with Gasteiger partial charge < -0.3 is 23.8 Å². The van der Waals surface area contributed by atoms with E-state index < -0.39 is 4.92 Å². The number of amides is 1. The number of anilines is 2. The molecule has 274 valence electrons. The summed E-state index contributed by atoms with van der Waals surface area (Å²) in [6.07, 6.45) is 0. The Bertz CT molecular complexity index is 2190. The molecule has 1 amide bonds. The molecule has 2 atom stereocenters. The van der Waals surface area contributed by atoms with Crippen molar-refractivity contribution in [1.82, 2.24) is 29.3 Å². The predicted octanol–water partition coefficient (Wildman–Crippen LogP) is 5.07. The molecule has 2 fully saturated rings. The van der Waals surface area contributed by atoms with Gasteiger partial charge in [-0.2, -0.15) is 9.97 Å². The number of aryl methyl sites for hydroxylation is 1. The normalized spacial score (nSPS) is 18.0. The summed E-state index contributed by atoms with van der Waals surface area (Å²) in [5.41, 5.74) is 1.89. The third kappa shape index (κ3) is 7.65. The lowest BCUT2D eigenvalue weighted by molar-refractivity contribution is -0.384. The maximum absolute atomic E-state index is 14.1. The van der Waals surface area contributed by atoms with E-state index >= 15 is 0 Å². The molecule has 0 saturated carbocycles. The highest BCUT2D eigenvalue weighted by Crippen LogP contribution is 2.46. The molecule has 0 N–H and O–H groups in total. The first-order chi connectivity index (χ1) is 25.6. The number of rotatable bonds is 11. The van der Waals surface area contributed by atoms with Crippen molar-refractivity contribution in [3.63, 3.8) is 0 Å². The number of para-hydroxylation sites is 1. The second kappa shape index (κ2) is 15.2. The second-order valence-corrected chi connectivity index (χ2v) is 14.3. The fourth-order valence-corrected chi connectivity index (χ4v) is 7.90. The molecular weight excluding hydrogens is 699 g/mol. The van der Waals surface area contributed by atoms with Crippen LogP contribution in [0.5, 0.6) is 23.5 Å². The van der Waals surface area contributed by atoms with E-state index in [9.17, 15) is 19.7 Å². The minimum atomic E-state index is -0.430. The fourth-order valence-electron chi connectivity index (χ4n) is 6.40. The van der Waals surface area contributed by atoms with Crippen molar-refractivity contribution in [2.45, 2.75) is 17.5 Å². The highest BCUT2D eigenvalue weighted by molar-refractivity contribution is 8.01. The van der Waals surface area contributed by atoms with E-state index in [-0.39, 0.29) is 45.7 Å². The lowest BCUT2D eigenvalue weighted by Crippen LogP contribution is -2.49. The smallest absolute Gasteiger partial charge is 0.330 e. The molecule has 2 unspecified atom stereocenters. The third-order valence-corrected chi connectivity index (χ3v) is 10.8. The molecule has 0 spiro atoms. The Balaban J connectivity index is 1.14.